The molecule has 4 heteroatoms. The van der Waals surface area contributed by atoms with Gasteiger partial charge in [-0.1, -0.05) is 25.4 Å². The van der Waals surface area contributed by atoms with Gasteiger partial charge >= 0.3 is 0 Å². The number of hydrogen-bond donors (Lipinski definition) is 1. The summed E-state index contributed by atoms with van der Waals surface area (Å²) in [6.07, 6.45) is 0.800. The number of halogens is 1. The van der Waals surface area contributed by atoms with E-state index in [2.05, 4.69) is 18.8 Å². The minimum atomic E-state index is -0.0181. The number of nitrogens with zero attached hydrogens (tertiary/aromatic N) is 1. The molecule has 1 aromatic heterocycles. The van der Waals surface area contributed by atoms with E-state index in [0.29, 0.717) is 11.6 Å². The molecule has 0 atom stereocenters. The monoisotopic (exact) mass is 292 g/mol. The van der Waals surface area contributed by atoms with E-state index in [1.165, 1.54) is 0 Å². The lowest BCUT2D eigenvalue weighted by atomic mass is 9.84. The maximum Gasteiger partial charge on any atom is 0.122 e. The number of rotatable bonds is 4. The molecule has 2 N–H and O–H groups in total. The largest absolute Gasteiger partial charge is 0.496 e. The van der Waals surface area contributed by atoms with Crippen molar-refractivity contribution in [2.24, 2.45) is 11.1 Å². The quantitative estimate of drug-likeness (QED) is 0.934. The van der Waals surface area contributed by atoms with Gasteiger partial charge in [-0.2, -0.15) is 0 Å². The molecule has 1 heterocycles. The van der Waals surface area contributed by atoms with Gasteiger partial charge in [-0.25, -0.2) is 0 Å². The van der Waals surface area contributed by atoms with Crippen molar-refractivity contribution < 1.29 is 4.74 Å². The van der Waals surface area contributed by atoms with Crippen LogP contribution in [-0.2, 0) is 6.42 Å². The lowest BCUT2D eigenvalue weighted by molar-refractivity contribution is 0.360. The summed E-state index contributed by atoms with van der Waals surface area (Å²) in [5, 5.41) is 1.69. The fourth-order valence-electron chi connectivity index (χ4n) is 2.37. The number of aromatic nitrogens is 1. The lowest BCUT2D eigenvalue weighted by Crippen LogP contribution is -2.26. The number of aryl methyl sites for hydroxylation is 1. The van der Waals surface area contributed by atoms with Crippen LogP contribution in [-0.4, -0.2) is 18.6 Å². The minimum absolute atomic E-state index is 0.0181. The maximum atomic E-state index is 6.44. The van der Waals surface area contributed by atoms with E-state index in [1.54, 1.807) is 7.11 Å². The summed E-state index contributed by atoms with van der Waals surface area (Å²) >= 11 is 6.44. The Labute approximate surface area is 125 Å². The van der Waals surface area contributed by atoms with Crippen molar-refractivity contribution in [1.82, 2.24) is 4.98 Å². The topological polar surface area (TPSA) is 48.1 Å². The highest BCUT2D eigenvalue weighted by molar-refractivity contribution is 6.35. The Kier molecular flexibility index (Phi) is 4.21. The van der Waals surface area contributed by atoms with Crippen LogP contribution in [0.2, 0.25) is 5.02 Å². The Balaban J connectivity index is 2.71. The SMILES string of the molecule is COc1ccc2nc(C)cc(Cl)c2c1CC(C)(C)CN. The van der Waals surface area contributed by atoms with Gasteiger partial charge in [0, 0.05) is 16.6 Å². The molecule has 0 saturated carbocycles. The molecule has 2 rings (SSSR count). The van der Waals surface area contributed by atoms with E-state index in [4.69, 9.17) is 22.1 Å². The molecule has 108 valence electrons. The number of methoxy groups -OCH3 is 1. The second-order valence-corrected chi connectivity index (χ2v) is 6.34. The smallest absolute Gasteiger partial charge is 0.122 e. The molecular weight excluding hydrogens is 272 g/mol. The summed E-state index contributed by atoms with van der Waals surface area (Å²) in [6.45, 7) is 6.82. The van der Waals surface area contributed by atoms with Crippen LogP contribution in [0.15, 0.2) is 18.2 Å². The summed E-state index contributed by atoms with van der Waals surface area (Å²) in [5.41, 5.74) is 8.74. The molecule has 0 aliphatic rings. The molecule has 0 amide bonds. The molecule has 0 aliphatic heterocycles. The Bertz CT molecular complexity index is 638. The highest BCUT2D eigenvalue weighted by Gasteiger charge is 2.22. The molecule has 3 nitrogen and oxygen atoms in total. The van der Waals surface area contributed by atoms with Crippen LogP contribution in [0.3, 0.4) is 0 Å². The third-order valence-electron chi connectivity index (χ3n) is 3.55. The number of hydrogen-bond acceptors (Lipinski definition) is 3. The van der Waals surface area contributed by atoms with Crippen LogP contribution in [0.5, 0.6) is 5.75 Å². The summed E-state index contributed by atoms with van der Waals surface area (Å²) in [5.74, 6) is 0.839. The summed E-state index contributed by atoms with van der Waals surface area (Å²) in [6, 6.07) is 5.79. The average molecular weight is 293 g/mol. The van der Waals surface area contributed by atoms with Crippen molar-refractivity contribution in [3.8, 4) is 5.75 Å². The molecule has 0 aliphatic carbocycles. The highest BCUT2D eigenvalue weighted by Crippen LogP contribution is 2.36. The van der Waals surface area contributed by atoms with Crippen molar-refractivity contribution in [3.63, 3.8) is 0 Å². The zero-order chi connectivity index (χ0) is 14.9. The third-order valence-corrected chi connectivity index (χ3v) is 3.85. The molecule has 1 aromatic carbocycles. The van der Waals surface area contributed by atoms with E-state index in [1.807, 2.05) is 25.1 Å². The van der Waals surface area contributed by atoms with Crippen molar-refractivity contribution in [3.05, 3.63) is 34.5 Å². The van der Waals surface area contributed by atoms with Crippen LogP contribution >= 0.6 is 11.6 Å². The molecule has 0 spiro atoms. The van der Waals surface area contributed by atoms with Crippen LogP contribution in [0.1, 0.15) is 25.1 Å². The van der Waals surface area contributed by atoms with Gasteiger partial charge in [0.2, 0.25) is 0 Å². The number of benzene rings is 1. The van der Waals surface area contributed by atoms with Gasteiger partial charge in [-0.3, -0.25) is 4.98 Å². The van der Waals surface area contributed by atoms with Crippen molar-refractivity contribution in [1.29, 1.82) is 0 Å². The van der Waals surface area contributed by atoms with Gasteiger partial charge in [0.15, 0.2) is 0 Å². The van der Waals surface area contributed by atoms with Gasteiger partial charge in [0.25, 0.3) is 0 Å². The second-order valence-electron chi connectivity index (χ2n) is 5.93. The molecule has 0 fully saturated rings. The molecule has 0 radical (unpaired) electrons. The predicted molar refractivity (Wildman–Crippen MR) is 84.6 cm³/mol. The van der Waals surface area contributed by atoms with Crippen LogP contribution < -0.4 is 10.5 Å². The van der Waals surface area contributed by atoms with Gasteiger partial charge in [-0.05, 0) is 43.5 Å². The van der Waals surface area contributed by atoms with E-state index in [-0.39, 0.29) is 5.41 Å². The zero-order valence-corrected chi connectivity index (χ0v) is 13.2. The predicted octanol–water partition coefficient (Wildman–Crippen LogP) is 3.73. The number of fused-ring (bicyclic) bond motifs is 1. The first-order chi connectivity index (χ1) is 9.38. The maximum absolute atomic E-state index is 6.44. The molecule has 2 aromatic rings. The number of nitrogens with two attached hydrogens (primary N) is 1. The fraction of sp³-hybridized carbons (Fsp3) is 0.438. The molecule has 0 saturated heterocycles. The first kappa shape index (κ1) is 15.1. The molecular formula is C16H21ClN2O. The lowest BCUT2D eigenvalue weighted by Gasteiger charge is -2.24. The molecule has 20 heavy (non-hydrogen) atoms. The third kappa shape index (κ3) is 2.89. The normalized spacial score (nSPS) is 11.9. The number of ether oxygens (including phenoxy) is 1. The van der Waals surface area contributed by atoms with Crippen molar-refractivity contribution in [2.45, 2.75) is 27.2 Å². The summed E-state index contributed by atoms with van der Waals surface area (Å²) in [4.78, 5) is 4.56. The van der Waals surface area contributed by atoms with Crippen LogP contribution in [0.25, 0.3) is 10.9 Å². The van der Waals surface area contributed by atoms with Gasteiger partial charge in [-0.15, -0.1) is 0 Å². The van der Waals surface area contributed by atoms with Gasteiger partial charge in [0.05, 0.1) is 17.6 Å². The van der Waals surface area contributed by atoms with Crippen LogP contribution in [0.4, 0.5) is 0 Å². The number of pyridine rings is 1. The van der Waals surface area contributed by atoms with Crippen molar-refractivity contribution >= 4 is 22.5 Å². The van der Waals surface area contributed by atoms with Crippen molar-refractivity contribution in [2.75, 3.05) is 13.7 Å². The minimum Gasteiger partial charge on any atom is -0.496 e. The van der Waals surface area contributed by atoms with E-state index >= 15 is 0 Å². The van der Waals surface area contributed by atoms with Crippen LogP contribution in [0, 0.1) is 12.3 Å². The van der Waals surface area contributed by atoms with Gasteiger partial charge < -0.3 is 10.5 Å². The Morgan fingerprint density at radius 1 is 1.35 bits per heavy atom. The van der Waals surface area contributed by atoms with E-state index < -0.39 is 0 Å². The van der Waals surface area contributed by atoms with Gasteiger partial charge in [0.1, 0.15) is 5.75 Å². The highest BCUT2D eigenvalue weighted by atomic mass is 35.5. The molecule has 0 bridgehead atoms. The Morgan fingerprint density at radius 2 is 2.05 bits per heavy atom. The fourth-order valence-corrected chi connectivity index (χ4v) is 2.74. The first-order valence-electron chi connectivity index (χ1n) is 6.71. The Morgan fingerprint density at radius 3 is 2.65 bits per heavy atom. The first-order valence-corrected chi connectivity index (χ1v) is 7.08. The standard InChI is InChI=1S/C16H21ClN2O/c1-10-7-12(17)15-11(8-16(2,3)9-18)14(20-4)6-5-13(15)19-10/h5-7H,8-9,18H2,1-4H3. The summed E-state index contributed by atoms with van der Waals surface area (Å²) in [7, 11) is 1.68. The zero-order valence-electron chi connectivity index (χ0n) is 12.5. The Hall–Kier alpha value is -1.32. The van der Waals surface area contributed by atoms with E-state index in [9.17, 15) is 0 Å². The molecule has 0 unspecified atom stereocenters. The van der Waals surface area contributed by atoms with E-state index in [0.717, 1.165) is 34.3 Å². The second kappa shape index (κ2) is 5.58. The summed E-state index contributed by atoms with van der Waals surface area (Å²) < 4.78 is 5.50. The average Bonchev–Trinajstić information content (AvgIpc) is 2.38.